The van der Waals surface area contributed by atoms with Crippen molar-refractivity contribution in [2.75, 3.05) is 46.4 Å². The summed E-state index contributed by atoms with van der Waals surface area (Å²) >= 11 is 6.03. The van der Waals surface area contributed by atoms with E-state index in [0.717, 1.165) is 37.5 Å². The number of likely N-dealkylation sites (tertiary alicyclic amines) is 1. The van der Waals surface area contributed by atoms with Crippen LogP contribution in [0.5, 0.6) is 0 Å². The number of morpholine rings is 1. The van der Waals surface area contributed by atoms with E-state index < -0.39 is 0 Å². The summed E-state index contributed by atoms with van der Waals surface area (Å²) < 4.78 is 10.7. The molecule has 2 aliphatic rings. The molecule has 9 nitrogen and oxygen atoms in total. The topological polar surface area (TPSA) is 96.1 Å². The first-order chi connectivity index (χ1) is 15.1. The Morgan fingerprint density at radius 2 is 1.97 bits per heavy atom. The maximum absolute atomic E-state index is 12.7. The molecule has 1 amide bonds. The average Bonchev–Trinajstić information content (AvgIpc) is 3.29. The molecule has 0 radical (unpaired) electrons. The number of nitrogens with zero attached hydrogens (tertiary/aromatic N) is 5. The highest BCUT2D eigenvalue weighted by Gasteiger charge is 2.30. The second-order valence-corrected chi connectivity index (χ2v) is 8.06. The molecule has 2 fully saturated rings. The normalized spacial score (nSPS) is 17.8. The SMILES string of the molecule is CN=C(NCc1nc(-c2cccc(Cl)c2)no1)N1CCC(C(=O)N2CCOCC2)CC1.I. The van der Waals surface area contributed by atoms with Crippen LogP contribution in [0.3, 0.4) is 0 Å². The number of carbonyl (C=O) groups is 1. The van der Waals surface area contributed by atoms with Crippen molar-refractivity contribution < 1.29 is 14.1 Å². The van der Waals surface area contributed by atoms with Crippen LogP contribution in [0.1, 0.15) is 18.7 Å². The lowest BCUT2D eigenvalue weighted by atomic mass is 9.95. The predicted octanol–water partition coefficient (Wildman–Crippen LogP) is 2.65. The fraction of sp³-hybridized carbons (Fsp3) is 0.524. The second-order valence-electron chi connectivity index (χ2n) is 7.62. The van der Waals surface area contributed by atoms with E-state index in [1.807, 2.05) is 17.0 Å². The zero-order valence-electron chi connectivity index (χ0n) is 18.0. The molecular weight excluding hydrogens is 547 g/mol. The summed E-state index contributed by atoms with van der Waals surface area (Å²) in [4.78, 5) is 25.6. The van der Waals surface area contributed by atoms with Gasteiger partial charge in [-0.3, -0.25) is 9.79 Å². The summed E-state index contributed by atoms with van der Waals surface area (Å²) in [5, 5.41) is 7.93. The van der Waals surface area contributed by atoms with E-state index in [1.165, 1.54) is 0 Å². The first kappa shape index (κ1) is 24.7. The molecule has 0 saturated carbocycles. The number of piperidine rings is 1. The van der Waals surface area contributed by atoms with E-state index in [9.17, 15) is 4.79 Å². The highest BCUT2D eigenvalue weighted by atomic mass is 127. The third-order valence-corrected chi connectivity index (χ3v) is 5.86. The smallest absolute Gasteiger partial charge is 0.246 e. The van der Waals surface area contributed by atoms with Crippen LogP contribution in [0.2, 0.25) is 5.02 Å². The Morgan fingerprint density at radius 1 is 1.22 bits per heavy atom. The van der Waals surface area contributed by atoms with Gasteiger partial charge < -0.3 is 24.4 Å². The largest absolute Gasteiger partial charge is 0.378 e. The number of aromatic nitrogens is 2. The molecule has 32 heavy (non-hydrogen) atoms. The highest BCUT2D eigenvalue weighted by molar-refractivity contribution is 14.0. The van der Waals surface area contributed by atoms with Crippen molar-refractivity contribution >= 4 is 47.4 Å². The van der Waals surface area contributed by atoms with Crippen molar-refractivity contribution in [1.82, 2.24) is 25.3 Å². The zero-order valence-corrected chi connectivity index (χ0v) is 21.1. The highest BCUT2D eigenvalue weighted by Crippen LogP contribution is 2.21. The maximum Gasteiger partial charge on any atom is 0.246 e. The van der Waals surface area contributed by atoms with Crippen LogP contribution in [0, 0.1) is 5.92 Å². The van der Waals surface area contributed by atoms with Gasteiger partial charge in [0.15, 0.2) is 5.96 Å². The molecule has 2 aliphatic heterocycles. The Kier molecular flexibility index (Phi) is 9.11. The number of rotatable bonds is 4. The van der Waals surface area contributed by atoms with Crippen molar-refractivity contribution in [3.8, 4) is 11.4 Å². The molecule has 0 spiro atoms. The lowest BCUT2D eigenvalue weighted by Gasteiger charge is -2.36. The number of aliphatic imine (C=N–C) groups is 1. The molecule has 1 aromatic carbocycles. The maximum atomic E-state index is 12.7. The van der Waals surface area contributed by atoms with Crippen molar-refractivity contribution in [3.63, 3.8) is 0 Å². The minimum Gasteiger partial charge on any atom is -0.378 e. The molecular formula is C21H28ClIN6O3. The Hall–Kier alpha value is -1.92. The summed E-state index contributed by atoms with van der Waals surface area (Å²) in [5.74, 6) is 2.05. The lowest BCUT2D eigenvalue weighted by Crippen LogP contribution is -2.49. The molecule has 0 unspecified atom stereocenters. The van der Waals surface area contributed by atoms with Gasteiger partial charge in [0, 0.05) is 49.7 Å². The first-order valence-corrected chi connectivity index (χ1v) is 10.9. The van der Waals surface area contributed by atoms with Crippen LogP contribution >= 0.6 is 35.6 Å². The summed E-state index contributed by atoms with van der Waals surface area (Å²) in [6.45, 7) is 4.59. The zero-order chi connectivity index (χ0) is 21.6. The first-order valence-electron chi connectivity index (χ1n) is 10.5. The van der Waals surface area contributed by atoms with E-state index in [-0.39, 0.29) is 35.8 Å². The standard InChI is InChI=1S/C21H27ClN6O3.HI/c1-23-21(24-14-18-25-19(26-31-18)16-3-2-4-17(22)13-16)28-7-5-15(6-8-28)20(29)27-9-11-30-12-10-27;/h2-4,13,15H,5-12,14H2,1H3,(H,23,24);1H. The number of ether oxygens (including phenoxy) is 1. The van der Waals surface area contributed by atoms with Crippen molar-refractivity contribution in [2.45, 2.75) is 19.4 Å². The Balaban J connectivity index is 0.00000289. The van der Waals surface area contributed by atoms with Crippen molar-refractivity contribution in [3.05, 3.63) is 35.2 Å². The number of amides is 1. The van der Waals surface area contributed by atoms with Gasteiger partial charge in [0.1, 0.15) is 0 Å². The fourth-order valence-corrected chi connectivity index (χ4v) is 4.13. The monoisotopic (exact) mass is 574 g/mol. The van der Waals surface area contributed by atoms with Crippen LogP contribution in [0.4, 0.5) is 0 Å². The van der Waals surface area contributed by atoms with Gasteiger partial charge in [0.25, 0.3) is 0 Å². The number of hydrogen-bond donors (Lipinski definition) is 1. The average molecular weight is 575 g/mol. The van der Waals surface area contributed by atoms with Crippen molar-refractivity contribution in [2.24, 2.45) is 10.9 Å². The van der Waals surface area contributed by atoms with Crippen LogP contribution in [0.15, 0.2) is 33.8 Å². The van der Waals surface area contributed by atoms with Crippen LogP contribution in [0.25, 0.3) is 11.4 Å². The number of nitrogens with one attached hydrogen (secondary N) is 1. The van der Waals surface area contributed by atoms with Gasteiger partial charge in [-0.2, -0.15) is 4.98 Å². The van der Waals surface area contributed by atoms with Gasteiger partial charge in [-0.05, 0) is 25.0 Å². The molecule has 2 saturated heterocycles. The van der Waals surface area contributed by atoms with Gasteiger partial charge in [0.2, 0.25) is 17.6 Å². The molecule has 0 bridgehead atoms. The van der Waals surface area contributed by atoms with E-state index in [4.69, 9.17) is 20.9 Å². The van der Waals surface area contributed by atoms with E-state index in [0.29, 0.717) is 49.6 Å². The van der Waals surface area contributed by atoms with E-state index in [1.54, 1.807) is 19.2 Å². The molecule has 11 heteroatoms. The van der Waals surface area contributed by atoms with Gasteiger partial charge in [-0.15, -0.1) is 24.0 Å². The van der Waals surface area contributed by atoms with Gasteiger partial charge >= 0.3 is 0 Å². The van der Waals surface area contributed by atoms with Gasteiger partial charge in [-0.25, -0.2) is 0 Å². The molecule has 1 N–H and O–H groups in total. The fourth-order valence-electron chi connectivity index (χ4n) is 3.94. The summed E-state index contributed by atoms with van der Waals surface area (Å²) in [5.41, 5.74) is 0.805. The van der Waals surface area contributed by atoms with Crippen LogP contribution < -0.4 is 5.32 Å². The molecule has 174 valence electrons. The number of carbonyl (C=O) groups excluding carboxylic acids is 1. The molecule has 1 aromatic heterocycles. The summed E-state index contributed by atoms with van der Waals surface area (Å²) in [6.07, 6.45) is 1.63. The molecule has 4 rings (SSSR count). The number of hydrogen-bond acceptors (Lipinski definition) is 6. The van der Waals surface area contributed by atoms with Crippen LogP contribution in [-0.4, -0.2) is 78.2 Å². The number of guanidine groups is 1. The Bertz CT molecular complexity index is 926. The molecule has 0 aliphatic carbocycles. The minimum absolute atomic E-state index is 0. The predicted molar refractivity (Wildman–Crippen MR) is 132 cm³/mol. The molecule has 3 heterocycles. The van der Waals surface area contributed by atoms with Crippen LogP contribution in [-0.2, 0) is 16.1 Å². The molecule has 2 aromatic rings. The Morgan fingerprint density at radius 3 is 2.66 bits per heavy atom. The second kappa shape index (κ2) is 11.8. The number of benzene rings is 1. The quantitative estimate of drug-likeness (QED) is 0.341. The number of halogens is 2. The van der Waals surface area contributed by atoms with Gasteiger partial charge in [-0.1, -0.05) is 28.9 Å². The third kappa shape index (κ3) is 6.10. The van der Waals surface area contributed by atoms with Gasteiger partial charge in [0.05, 0.1) is 19.8 Å². The summed E-state index contributed by atoms with van der Waals surface area (Å²) in [7, 11) is 1.75. The van der Waals surface area contributed by atoms with Crippen molar-refractivity contribution in [1.29, 1.82) is 0 Å². The Labute approximate surface area is 209 Å². The summed E-state index contributed by atoms with van der Waals surface area (Å²) in [6, 6.07) is 7.33. The third-order valence-electron chi connectivity index (χ3n) is 5.63. The lowest BCUT2D eigenvalue weighted by molar-refractivity contribution is -0.140. The van der Waals surface area contributed by atoms with E-state index in [2.05, 4.69) is 25.3 Å². The minimum atomic E-state index is 0. The van der Waals surface area contributed by atoms with E-state index >= 15 is 0 Å². The molecule has 0 atom stereocenters.